The summed E-state index contributed by atoms with van der Waals surface area (Å²) in [6.07, 6.45) is 7.19. The monoisotopic (exact) mass is 283 g/mol. The number of dihydropyridines is 1. The third-order valence-electron chi connectivity index (χ3n) is 4.13. The van der Waals surface area contributed by atoms with Gasteiger partial charge in [-0.15, -0.1) is 0 Å². The average molecular weight is 283 g/mol. The minimum atomic E-state index is 0.143. The first-order chi connectivity index (χ1) is 10.3. The van der Waals surface area contributed by atoms with Gasteiger partial charge in [-0.05, 0) is 49.2 Å². The van der Waals surface area contributed by atoms with Crippen molar-refractivity contribution in [3.63, 3.8) is 0 Å². The molecular formula is C17H21N3O. The summed E-state index contributed by atoms with van der Waals surface area (Å²) in [6, 6.07) is 7.79. The molecule has 0 atom stereocenters. The van der Waals surface area contributed by atoms with Crippen LogP contribution in [-0.4, -0.2) is 30.4 Å². The molecule has 1 aromatic rings. The lowest BCUT2D eigenvalue weighted by Gasteiger charge is -2.26. The highest BCUT2D eigenvalue weighted by Crippen LogP contribution is 2.20. The summed E-state index contributed by atoms with van der Waals surface area (Å²) < 4.78 is 0. The number of piperidine rings is 1. The van der Waals surface area contributed by atoms with Crippen molar-refractivity contribution in [2.24, 2.45) is 5.73 Å². The SMILES string of the molecule is NC1=C(c2ccc(C(=O)N3CCCCC3)cc2)CNC=C1. The quantitative estimate of drug-likeness (QED) is 0.874. The van der Waals surface area contributed by atoms with Crippen LogP contribution in [0.4, 0.5) is 0 Å². The molecule has 21 heavy (non-hydrogen) atoms. The molecule has 0 aliphatic carbocycles. The van der Waals surface area contributed by atoms with Crippen LogP contribution >= 0.6 is 0 Å². The van der Waals surface area contributed by atoms with Gasteiger partial charge in [0.25, 0.3) is 5.91 Å². The van der Waals surface area contributed by atoms with E-state index in [0.29, 0.717) is 0 Å². The van der Waals surface area contributed by atoms with Crippen molar-refractivity contribution >= 4 is 11.5 Å². The molecule has 2 heterocycles. The number of rotatable bonds is 2. The van der Waals surface area contributed by atoms with E-state index in [4.69, 9.17) is 5.73 Å². The van der Waals surface area contributed by atoms with Gasteiger partial charge >= 0.3 is 0 Å². The minimum Gasteiger partial charge on any atom is -0.398 e. The molecule has 3 rings (SSSR count). The summed E-state index contributed by atoms with van der Waals surface area (Å²) in [6.45, 7) is 2.49. The Labute approximate surface area is 125 Å². The number of carbonyl (C=O) groups is 1. The van der Waals surface area contributed by atoms with Crippen molar-refractivity contribution in [2.75, 3.05) is 19.6 Å². The van der Waals surface area contributed by atoms with Crippen LogP contribution in [0.3, 0.4) is 0 Å². The van der Waals surface area contributed by atoms with E-state index in [1.807, 2.05) is 41.4 Å². The lowest BCUT2D eigenvalue weighted by molar-refractivity contribution is 0.0724. The number of hydrogen-bond donors (Lipinski definition) is 2. The Balaban J connectivity index is 1.77. The fraction of sp³-hybridized carbons (Fsp3) is 0.353. The van der Waals surface area contributed by atoms with Crippen LogP contribution in [0.5, 0.6) is 0 Å². The van der Waals surface area contributed by atoms with Gasteiger partial charge in [0, 0.05) is 36.5 Å². The highest BCUT2D eigenvalue weighted by Gasteiger charge is 2.18. The van der Waals surface area contributed by atoms with Gasteiger partial charge in [-0.1, -0.05) is 12.1 Å². The number of benzene rings is 1. The minimum absolute atomic E-state index is 0.143. The van der Waals surface area contributed by atoms with Gasteiger partial charge < -0.3 is 16.0 Å². The number of likely N-dealkylation sites (tertiary alicyclic amines) is 1. The summed E-state index contributed by atoms with van der Waals surface area (Å²) in [5, 5.41) is 3.16. The lowest BCUT2D eigenvalue weighted by atomic mass is 10.00. The van der Waals surface area contributed by atoms with Crippen LogP contribution in [0.25, 0.3) is 5.57 Å². The van der Waals surface area contributed by atoms with Crippen LogP contribution in [-0.2, 0) is 0 Å². The molecule has 3 N–H and O–H groups in total. The third-order valence-corrected chi connectivity index (χ3v) is 4.13. The second-order valence-electron chi connectivity index (χ2n) is 5.58. The van der Waals surface area contributed by atoms with Crippen molar-refractivity contribution in [2.45, 2.75) is 19.3 Å². The predicted molar refractivity (Wildman–Crippen MR) is 84.4 cm³/mol. The molecule has 1 saturated heterocycles. The molecular weight excluding hydrogens is 262 g/mol. The van der Waals surface area contributed by atoms with Gasteiger partial charge in [0.1, 0.15) is 0 Å². The van der Waals surface area contributed by atoms with E-state index in [1.54, 1.807) is 0 Å². The normalized spacial score (nSPS) is 18.6. The fourth-order valence-electron chi connectivity index (χ4n) is 2.87. The maximum atomic E-state index is 12.4. The molecule has 0 saturated carbocycles. The molecule has 1 amide bonds. The molecule has 0 unspecified atom stereocenters. The predicted octanol–water partition coefficient (Wildman–Crippen LogP) is 2.10. The van der Waals surface area contributed by atoms with Gasteiger partial charge in [0.2, 0.25) is 0 Å². The zero-order chi connectivity index (χ0) is 14.7. The molecule has 0 radical (unpaired) electrons. The molecule has 4 nitrogen and oxygen atoms in total. The largest absolute Gasteiger partial charge is 0.398 e. The van der Waals surface area contributed by atoms with E-state index < -0.39 is 0 Å². The molecule has 2 aliphatic rings. The number of nitrogens with zero attached hydrogens (tertiary/aromatic N) is 1. The molecule has 0 bridgehead atoms. The first-order valence-electron chi connectivity index (χ1n) is 7.54. The van der Waals surface area contributed by atoms with Crippen LogP contribution in [0.2, 0.25) is 0 Å². The second-order valence-corrected chi connectivity index (χ2v) is 5.58. The zero-order valence-electron chi connectivity index (χ0n) is 12.1. The zero-order valence-corrected chi connectivity index (χ0v) is 12.1. The molecule has 1 aromatic carbocycles. The van der Waals surface area contributed by atoms with E-state index >= 15 is 0 Å². The van der Waals surface area contributed by atoms with Gasteiger partial charge in [-0.3, -0.25) is 4.79 Å². The maximum absolute atomic E-state index is 12.4. The summed E-state index contributed by atoms with van der Waals surface area (Å²) in [5.74, 6) is 0.143. The van der Waals surface area contributed by atoms with Crippen LogP contribution in [0, 0.1) is 0 Å². The van der Waals surface area contributed by atoms with Crippen molar-refractivity contribution in [1.29, 1.82) is 0 Å². The standard InChI is InChI=1S/C17H21N3O/c18-16-8-9-19-12-15(16)13-4-6-14(7-5-13)17(21)20-10-2-1-3-11-20/h4-9,19H,1-3,10-12,18H2. The van der Waals surface area contributed by atoms with Crippen molar-refractivity contribution in [1.82, 2.24) is 10.2 Å². The number of allylic oxidation sites excluding steroid dienone is 1. The summed E-state index contributed by atoms with van der Waals surface area (Å²) >= 11 is 0. The molecule has 2 aliphatic heterocycles. The first kappa shape index (κ1) is 13.7. The molecule has 0 spiro atoms. The smallest absolute Gasteiger partial charge is 0.253 e. The third kappa shape index (κ3) is 2.94. The first-order valence-corrected chi connectivity index (χ1v) is 7.54. The van der Waals surface area contributed by atoms with E-state index in [1.165, 1.54) is 6.42 Å². The lowest BCUT2D eigenvalue weighted by Crippen LogP contribution is -2.35. The van der Waals surface area contributed by atoms with Crippen molar-refractivity contribution < 1.29 is 4.79 Å². The maximum Gasteiger partial charge on any atom is 0.253 e. The van der Waals surface area contributed by atoms with Gasteiger partial charge in [-0.25, -0.2) is 0 Å². The molecule has 1 fully saturated rings. The van der Waals surface area contributed by atoms with Crippen molar-refractivity contribution in [3.05, 3.63) is 53.4 Å². The van der Waals surface area contributed by atoms with Crippen LogP contribution in [0.15, 0.2) is 42.2 Å². The topological polar surface area (TPSA) is 58.4 Å². The Bertz CT molecular complexity index is 581. The Morgan fingerprint density at radius 3 is 2.48 bits per heavy atom. The van der Waals surface area contributed by atoms with Crippen LogP contribution < -0.4 is 11.1 Å². The van der Waals surface area contributed by atoms with Gasteiger partial charge in [-0.2, -0.15) is 0 Å². The number of nitrogens with two attached hydrogens (primary N) is 1. The van der Waals surface area contributed by atoms with E-state index in [2.05, 4.69) is 5.32 Å². The van der Waals surface area contributed by atoms with E-state index in [-0.39, 0.29) is 5.91 Å². The van der Waals surface area contributed by atoms with Crippen molar-refractivity contribution in [3.8, 4) is 0 Å². The highest BCUT2D eigenvalue weighted by atomic mass is 16.2. The van der Waals surface area contributed by atoms with Gasteiger partial charge in [0.05, 0.1) is 0 Å². The Kier molecular flexibility index (Phi) is 3.95. The molecule has 0 aromatic heterocycles. The molecule has 4 heteroatoms. The number of amides is 1. The summed E-state index contributed by atoms with van der Waals surface area (Å²) in [5.41, 5.74) is 9.70. The van der Waals surface area contributed by atoms with E-state index in [0.717, 1.165) is 54.9 Å². The average Bonchev–Trinajstić information content (AvgIpc) is 2.56. The fourth-order valence-corrected chi connectivity index (χ4v) is 2.87. The Hall–Kier alpha value is -2.23. The number of carbonyl (C=O) groups excluding carboxylic acids is 1. The van der Waals surface area contributed by atoms with Gasteiger partial charge in [0.15, 0.2) is 0 Å². The molecule has 110 valence electrons. The second kappa shape index (κ2) is 6.04. The number of nitrogens with one attached hydrogen (secondary N) is 1. The van der Waals surface area contributed by atoms with Crippen LogP contribution in [0.1, 0.15) is 35.2 Å². The Morgan fingerprint density at radius 1 is 1.10 bits per heavy atom. The summed E-state index contributed by atoms with van der Waals surface area (Å²) in [7, 11) is 0. The summed E-state index contributed by atoms with van der Waals surface area (Å²) in [4.78, 5) is 14.4. The Morgan fingerprint density at radius 2 is 1.81 bits per heavy atom. The number of hydrogen-bond acceptors (Lipinski definition) is 3. The van der Waals surface area contributed by atoms with E-state index in [9.17, 15) is 4.79 Å². The highest BCUT2D eigenvalue weighted by molar-refractivity contribution is 5.94.